The zero-order chi connectivity index (χ0) is 17.8. The quantitative estimate of drug-likeness (QED) is 0.813. The fourth-order valence-corrected chi connectivity index (χ4v) is 4.85. The summed E-state index contributed by atoms with van der Waals surface area (Å²) < 4.78 is 0. The normalized spacial score (nSPS) is 33.7. The highest BCUT2D eigenvalue weighted by Crippen LogP contribution is 2.29. The number of likely N-dealkylation sites (tertiary alicyclic amines) is 1. The predicted molar refractivity (Wildman–Crippen MR) is 98.3 cm³/mol. The number of nitrogens with one attached hydrogen (secondary N) is 2. The summed E-state index contributed by atoms with van der Waals surface area (Å²) in [6.45, 7) is 7.97. The lowest BCUT2D eigenvalue weighted by molar-refractivity contribution is -0.121. The molecular formula is C19H34N4O2. The van der Waals surface area contributed by atoms with Gasteiger partial charge in [0.1, 0.15) is 0 Å². The van der Waals surface area contributed by atoms with E-state index in [2.05, 4.69) is 34.3 Å². The van der Waals surface area contributed by atoms with Crippen molar-refractivity contribution in [1.82, 2.24) is 20.4 Å². The van der Waals surface area contributed by atoms with Crippen molar-refractivity contribution >= 4 is 11.9 Å². The number of rotatable bonds is 4. The number of urea groups is 1. The summed E-state index contributed by atoms with van der Waals surface area (Å²) in [6, 6.07) is 0.837. The zero-order valence-corrected chi connectivity index (χ0v) is 15.8. The van der Waals surface area contributed by atoms with E-state index < -0.39 is 0 Å². The molecule has 4 atom stereocenters. The van der Waals surface area contributed by atoms with Crippen molar-refractivity contribution in [3.8, 4) is 0 Å². The number of imide groups is 1. The fraction of sp³-hybridized carbons (Fsp3) is 0.895. The molecule has 0 aromatic carbocycles. The van der Waals surface area contributed by atoms with Crippen molar-refractivity contribution in [3.63, 3.8) is 0 Å². The van der Waals surface area contributed by atoms with Gasteiger partial charge in [-0.1, -0.05) is 26.7 Å². The first kappa shape index (κ1) is 18.6. The SMILES string of the molecule is CCN1CC[C@H]2CC[C@@H](C1)N2CC(=O)NC(=O)N[C@@H]1CCCC[C@H]1C. The van der Waals surface area contributed by atoms with Gasteiger partial charge in [0, 0.05) is 24.7 Å². The van der Waals surface area contributed by atoms with Crippen LogP contribution in [0, 0.1) is 5.92 Å². The molecule has 0 aromatic heterocycles. The van der Waals surface area contributed by atoms with Crippen LogP contribution in [0.15, 0.2) is 0 Å². The van der Waals surface area contributed by atoms with Crippen molar-refractivity contribution in [2.75, 3.05) is 26.2 Å². The van der Waals surface area contributed by atoms with E-state index in [1.54, 1.807) is 0 Å². The van der Waals surface area contributed by atoms with E-state index in [1.165, 1.54) is 19.3 Å². The molecule has 0 aromatic rings. The summed E-state index contributed by atoms with van der Waals surface area (Å²) >= 11 is 0. The molecule has 25 heavy (non-hydrogen) atoms. The predicted octanol–water partition coefficient (Wildman–Crippen LogP) is 1.95. The highest BCUT2D eigenvalue weighted by molar-refractivity contribution is 5.95. The van der Waals surface area contributed by atoms with Crippen LogP contribution in [0.25, 0.3) is 0 Å². The Morgan fingerprint density at radius 3 is 2.56 bits per heavy atom. The van der Waals surface area contributed by atoms with Gasteiger partial charge in [-0.05, 0) is 51.1 Å². The maximum atomic E-state index is 12.4. The highest BCUT2D eigenvalue weighted by Gasteiger charge is 2.37. The molecule has 3 aliphatic rings. The molecule has 2 saturated heterocycles. The monoisotopic (exact) mass is 350 g/mol. The maximum absolute atomic E-state index is 12.4. The summed E-state index contributed by atoms with van der Waals surface area (Å²) in [4.78, 5) is 29.4. The largest absolute Gasteiger partial charge is 0.335 e. The first-order valence-corrected chi connectivity index (χ1v) is 10.1. The van der Waals surface area contributed by atoms with Gasteiger partial charge in [0.2, 0.25) is 5.91 Å². The second-order valence-corrected chi connectivity index (χ2v) is 8.13. The van der Waals surface area contributed by atoms with Crippen LogP contribution in [0.3, 0.4) is 0 Å². The Bertz CT molecular complexity index is 484. The van der Waals surface area contributed by atoms with E-state index in [0.29, 0.717) is 24.5 Å². The minimum atomic E-state index is -0.318. The third kappa shape index (κ3) is 4.73. The molecule has 3 amide bonds. The van der Waals surface area contributed by atoms with Gasteiger partial charge in [0.15, 0.2) is 0 Å². The second kappa shape index (κ2) is 8.49. The Hall–Kier alpha value is -1.14. The molecule has 6 heteroatoms. The van der Waals surface area contributed by atoms with Gasteiger partial charge in [0.05, 0.1) is 6.54 Å². The van der Waals surface area contributed by atoms with Gasteiger partial charge in [-0.2, -0.15) is 0 Å². The first-order chi connectivity index (χ1) is 12.1. The number of fused-ring (bicyclic) bond motifs is 2. The number of carbonyl (C=O) groups excluding carboxylic acids is 2. The molecule has 3 rings (SSSR count). The van der Waals surface area contributed by atoms with E-state index in [1.807, 2.05) is 0 Å². The lowest BCUT2D eigenvalue weighted by Crippen LogP contribution is -2.51. The summed E-state index contributed by atoms with van der Waals surface area (Å²) in [5.74, 6) is 0.332. The number of likely N-dealkylation sites (N-methyl/N-ethyl adjacent to an activating group) is 1. The molecule has 0 spiro atoms. The number of hydrogen-bond acceptors (Lipinski definition) is 4. The number of carbonyl (C=O) groups is 2. The summed E-state index contributed by atoms with van der Waals surface area (Å²) in [5.41, 5.74) is 0. The van der Waals surface area contributed by atoms with Crippen LogP contribution < -0.4 is 10.6 Å². The summed E-state index contributed by atoms with van der Waals surface area (Å²) in [7, 11) is 0. The van der Waals surface area contributed by atoms with Crippen LogP contribution in [0.1, 0.15) is 58.8 Å². The van der Waals surface area contributed by atoms with Gasteiger partial charge in [-0.15, -0.1) is 0 Å². The fourth-order valence-electron chi connectivity index (χ4n) is 4.85. The highest BCUT2D eigenvalue weighted by atomic mass is 16.2. The van der Waals surface area contributed by atoms with Crippen LogP contribution in [0.4, 0.5) is 4.79 Å². The van der Waals surface area contributed by atoms with Crippen molar-refractivity contribution in [2.45, 2.75) is 76.9 Å². The van der Waals surface area contributed by atoms with Crippen LogP contribution in [0.5, 0.6) is 0 Å². The van der Waals surface area contributed by atoms with Crippen LogP contribution in [-0.2, 0) is 4.79 Å². The van der Waals surface area contributed by atoms with Crippen molar-refractivity contribution in [2.24, 2.45) is 5.92 Å². The smallest absolute Gasteiger partial charge is 0.321 e. The third-order valence-electron chi connectivity index (χ3n) is 6.47. The number of nitrogens with zero attached hydrogens (tertiary/aromatic N) is 2. The first-order valence-electron chi connectivity index (χ1n) is 10.1. The van der Waals surface area contributed by atoms with Gasteiger partial charge in [-0.25, -0.2) is 4.79 Å². The maximum Gasteiger partial charge on any atom is 0.321 e. The molecule has 6 nitrogen and oxygen atoms in total. The Kier molecular flexibility index (Phi) is 6.34. The van der Waals surface area contributed by atoms with E-state index in [0.717, 1.165) is 45.3 Å². The average Bonchev–Trinajstić information content (AvgIpc) is 2.83. The van der Waals surface area contributed by atoms with E-state index in [4.69, 9.17) is 0 Å². The second-order valence-electron chi connectivity index (χ2n) is 8.13. The van der Waals surface area contributed by atoms with Crippen molar-refractivity contribution in [3.05, 3.63) is 0 Å². The van der Waals surface area contributed by atoms with Gasteiger partial charge >= 0.3 is 6.03 Å². The molecule has 0 radical (unpaired) electrons. The van der Waals surface area contributed by atoms with Gasteiger partial charge < -0.3 is 10.2 Å². The minimum Gasteiger partial charge on any atom is -0.335 e. The zero-order valence-electron chi connectivity index (χ0n) is 15.8. The van der Waals surface area contributed by atoms with Crippen LogP contribution in [0.2, 0.25) is 0 Å². The molecule has 2 heterocycles. The van der Waals surface area contributed by atoms with E-state index in [9.17, 15) is 9.59 Å². The Morgan fingerprint density at radius 1 is 1.04 bits per heavy atom. The Labute approximate surface area is 151 Å². The van der Waals surface area contributed by atoms with Crippen molar-refractivity contribution < 1.29 is 9.59 Å². The Morgan fingerprint density at radius 2 is 1.80 bits per heavy atom. The van der Waals surface area contributed by atoms with Gasteiger partial charge in [0.25, 0.3) is 0 Å². The number of amides is 3. The molecule has 2 aliphatic heterocycles. The molecule has 1 aliphatic carbocycles. The molecule has 1 saturated carbocycles. The van der Waals surface area contributed by atoms with Crippen LogP contribution >= 0.6 is 0 Å². The number of hydrogen-bond donors (Lipinski definition) is 2. The molecule has 0 unspecified atom stereocenters. The lowest BCUT2D eigenvalue weighted by Gasteiger charge is -2.30. The Balaban J connectivity index is 1.48. The van der Waals surface area contributed by atoms with E-state index >= 15 is 0 Å². The third-order valence-corrected chi connectivity index (χ3v) is 6.47. The molecule has 3 fully saturated rings. The molecule has 2 N–H and O–H groups in total. The molecular weight excluding hydrogens is 316 g/mol. The van der Waals surface area contributed by atoms with Crippen molar-refractivity contribution in [1.29, 1.82) is 0 Å². The standard InChI is InChI=1S/C19H34N4O2/c1-3-22-11-10-15-8-9-16(12-22)23(15)13-18(24)21-19(25)20-17-7-5-4-6-14(17)2/h14-17H,3-13H2,1-2H3,(H2,20,21,24,25)/t14-,15-,16+,17-/m1/s1. The summed E-state index contributed by atoms with van der Waals surface area (Å²) in [6.07, 6.45) is 8.06. The molecule has 2 bridgehead atoms. The van der Waals surface area contributed by atoms with Crippen LogP contribution in [-0.4, -0.2) is 66.0 Å². The average molecular weight is 351 g/mol. The minimum absolute atomic E-state index is 0.164. The molecule has 142 valence electrons. The topological polar surface area (TPSA) is 64.7 Å². The summed E-state index contributed by atoms with van der Waals surface area (Å²) in [5, 5.41) is 5.57. The van der Waals surface area contributed by atoms with E-state index in [-0.39, 0.29) is 18.0 Å². The lowest BCUT2D eigenvalue weighted by atomic mass is 9.86. The van der Waals surface area contributed by atoms with Gasteiger partial charge in [-0.3, -0.25) is 15.0 Å².